The highest BCUT2D eigenvalue weighted by molar-refractivity contribution is 5.18. The molecule has 20 heavy (non-hydrogen) atoms. The molecule has 2 N–H and O–H groups in total. The van der Waals surface area contributed by atoms with Gasteiger partial charge in [0, 0.05) is 12.1 Å². The van der Waals surface area contributed by atoms with E-state index in [0.29, 0.717) is 12.5 Å². The molecule has 0 aliphatic carbocycles. The lowest BCUT2D eigenvalue weighted by molar-refractivity contribution is 0.0674. The molecule has 1 aromatic rings. The van der Waals surface area contributed by atoms with E-state index >= 15 is 0 Å². The molecule has 0 saturated heterocycles. The van der Waals surface area contributed by atoms with E-state index in [2.05, 4.69) is 19.2 Å². The quantitative estimate of drug-likeness (QED) is 0.762. The Morgan fingerprint density at radius 2 is 1.85 bits per heavy atom. The Morgan fingerprint density at radius 1 is 1.20 bits per heavy atom. The van der Waals surface area contributed by atoms with Gasteiger partial charge in [0.25, 0.3) is 0 Å². The Balaban J connectivity index is 2.31. The minimum atomic E-state index is -0.585. The summed E-state index contributed by atoms with van der Waals surface area (Å²) in [5, 5.41) is 13.2. The topological polar surface area (TPSA) is 32.3 Å². The fourth-order valence-corrected chi connectivity index (χ4v) is 2.46. The van der Waals surface area contributed by atoms with Gasteiger partial charge in [0.15, 0.2) is 0 Å². The second-order valence-corrected chi connectivity index (χ2v) is 6.47. The lowest BCUT2D eigenvalue weighted by Crippen LogP contribution is -2.36. The molecular formula is C17H28FNO. The van der Waals surface area contributed by atoms with Crippen LogP contribution in [0.1, 0.15) is 52.5 Å². The van der Waals surface area contributed by atoms with Crippen molar-refractivity contribution in [2.75, 3.05) is 0 Å². The highest BCUT2D eigenvalue weighted by Gasteiger charge is 2.14. The molecule has 0 unspecified atom stereocenters. The second-order valence-electron chi connectivity index (χ2n) is 6.47. The second kappa shape index (κ2) is 7.75. The summed E-state index contributed by atoms with van der Waals surface area (Å²) in [4.78, 5) is 0. The summed E-state index contributed by atoms with van der Waals surface area (Å²) in [6, 6.07) is 7.55. The fraction of sp³-hybridized carbons (Fsp3) is 0.647. The maximum absolute atomic E-state index is 13.6. The third kappa shape index (κ3) is 7.01. The Kier molecular flexibility index (Phi) is 6.63. The first kappa shape index (κ1) is 17.1. The van der Waals surface area contributed by atoms with Gasteiger partial charge in [-0.25, -0.2) is 4.39 Å². The molecule has 0 radical (unpaired) electrons. The maximum Gasteiger partial charge on any atom is 0.126 e. The van der Waals surface area contributed by atoms with Gasteiger partial charge in [-0.1, -0.05) is 18.2 Å². The smallest absolute Gasteiger partial charge is 0.126 e. The number of nitrogens with one attached hydrogen (secondary N) is 1. The van der Waals surface area contributed by atoms with Crippen molar-refractivity contribution in [1.29, 1.82) is 0 Å². The number of benzene rings is 1. The highest BCUT2D eigenvalue weighted by Crippen LogP contribution is 2.14. The summed E-state index contributed by atoms with van der Waals surface area (Å²) in [5.41, 5.74) is 0.176. The summed E-state index contributed by atoms with van der Waals surface area (Å²) in [7, 11) is 0. The number of aliphatic hydroxyl groups is 1. The van der Waals surface area contributed by atoms with Crippen LogP contribution in [0.5, 0.6) is 0 Å². The first-order valence-electron chi connectivity index (χ1n) is 7.50. The van der Waals surface area contributed by atoms with Gasteiger partial charge in [0.2, 0.25) is 0 Å². The van der Waals surface area contributed by atoms with Crippen LogP contribution in [-0.4, -0.2) is 22.8 Å². The van der Waals surface area contributed by atoms with Crippen LogP contribution in [0.2, 0.25) is 0 Å². The molecule has 0 amide bonds. The van der Waals surface area contributed by atoms with E-state index in [1.807, 2.05) is 26.0 Å². The predicted octanol–water partition coefficient (Wildman–Crippen LogP) is 3.68. The summed E-state index contributed by atoms with van der Waals surface area (Å²) < 4.78 is 13.6. The number of hydrogen-bond acceptors (Lipinski definition) is 2. The highest BCUT2D eigenvalue weighted by atomic mass is 19.1. The molecule has 0 aromatic heterocycles. The Morgan fingerprint density at radius 3 is 2.45 bits per heavy atom. The minimum absolute atomic E-state index is 0.129. The van der Waals surface area contributed by atoms with Gasteiger partial charge in [-0.15, -0.1) is 0 Å². The molecule has 0 fully saturated rings. The van der Waals surface area contributed by atoms with Crippen LogP contribution < -0.4 is 5.32 Å². The Labute approximate surface area is 122 Å². The molecule has 2 atom stereocenters. The average Bonchev–Trinajstić information content (AvgIpc) is 2.30. The van der Waals surface area contributed by atoms with E-state index in [-0.39, 0.29) is 11.9 Å². The van der Waals surface area contributed by atoms with Crippen LogP contribution in [0.3, 0.4) is 0 Å². The standard InChI is InChI=1S/C17H28FNO/c1-13(8-7-11-17(3,4)20)19-14(2)12-15-9-5-6-10-16(15)18/h5-6,9-10,13-14,19-20H,7-8,11-12H2,1-4H3/t13-,14-/m0/s1. The number of hydrogen-bond donors (Lipinski definition) is 2. The third-order valence-corrected chi connectivity index (χ3v) is 3.48. The van der Waals surface area contributed by atoms with Crippen LogP contribution >= 0.6 is 0 Å². The van der Waals surface area contributed by atoms with Gasteiger partial charge in [-0.2, -0.15) is 0 Å². The molecule has 0 bridgehead atoms. The van der Waals surface area contributed by atoms with Gasteiger partial charge >= 0.3 is 0 Å². The molecule has 114 valence electrons. The van der Waals surface area contributed by atoms with Gasteiger partial charge in [-0.05, 0) is 65.0 Å². The monoisotopic (exact) mass is 281 g/mol. The van der Waals surface area contributed by atoms with E-state index in [9.17, 15) is 9.50 Å². The van der Waals surface area contributed by atoms with Crippen LogP contribution in [0.15, 0.2) is 24.3 Å². The Hall–Kier alpha value is -0.930. The predicted molar refractivity (Wildman–Crippen MR) is 82.3 cm³/mol. The molecule has 0 aliphatic rings. The Bertz CT molecular complexity index is 400. The van der Waals surface area contributed by atoms with Crippen molar-refractivity contribution in [3.63, 3.8) is 0 Å². The van der Waals surface area contributed by atoms with Crippen molar-refractivity contribution in [1.82, 2.24) is 5.32 Å². The molecule has 3 heteroatoms. The zero-order valence-electron chi connectivity index (χ0n) is 13.1. The molecule has 0 aliphatic heterocycles. The summed E-state index contributed by atoms with van der Waals surface area (Å²) in [5.74, 6) is -0.129. The van der Waals surface area contributed by atoms with Gasteiger partial charge in [0.1, 0.15) is 5.82 Å². The maximum atomic E-state index is 13.6. The molecule has 0 heterocycles. The van der Waals surface area contributed by atoms with Crippen molar-refractivity contribution < 1.29 is 9.50 Å². The fourth-order valence-electron chi connectivity index (χ4n) is 2.46. The largest absolute Gasteiger partial charge is 0.390 e. The van der Waals surface area contributed by atoms with Crippen LogP contribution in [0.25, 0.3) is 0 Å². The third-order valence-electron chi connectivity index (χ3n) is 3.48. The SMILES string of the molecule is C[C@@H](CCCC(C)(C)O)N[C@@H](C)Cc1ccccc1F. The zero-order valence-corrected chi connectivity index (χ0v) is 13.1. The number of rotatable bonds is 8. The van der Waals surface area contributed by atoms with E-state index in [1.165, 1.54) is 6.07 Å². The van der Waals surface area contributed by atoms with Crippen molar-refractivity contribution in [2.24, 2.45) is 0 Å². The molecule has 1 aromatic carbocycles. The molecule has 2 nitrogen and oxygen atoms in total. The summed E-state index contributed by atoms with van der Waals surface area (Å²) >= 11 is 0. The van der Waals surface area contributed by atoms with E-state index in [4.69, 9.17) is 0 Å². The lowest BCUT2D eigenvalue weighted by Gasteiger charge is -2.22. The van der Waals surface area contributed by atoms with Crippen LogP contribution in [-0.2, 0) is 6.42 Å². The van der Waals surface area contributed by atoms with Gasteiger partial charge in [0.05, 0.1) is 5.60 Å². The van der Waals surface area contributed by atoms with Crippen molar-refractivity contribution in [3.8, 4) is 0 Å². The van der Waals surface area contributed by atoms with E-state index in [1.54, 1.807) is 6.07 Å². The summed E-state index contributed by atoms with van der Waals surface area (Å²) in [6.45, 7) is 7.90. The van der Waals surface area contributed by atoms with Crippen molar-refractivity contribution in [3.05, 3.63) is 35.6 Å². The van der Waals surface area contributed by atoms with E-state index < -0.39 is 5.60 Å². The first-order valence-corrected chi connectivity index (χ1v) is 7.50. The average molecular weight is 281 g/mol. The van der Waals surface area contributed by atoms with Gasteiger partial charge < -0.3 is 10.4 Å². The first-order chi connectivity index (χ1) is 9.28. The zero-order chi connectivity index (χ0) is 15.2. The molecule has 0 saturated carbocycles. The molecule has 1 rings (SSSR count). The molecule has 0 spiro atoms. The van der Waals surface area contributed by atoms with E-state index in [0.717, 1.165) is 24.8 Å². The minimum Gasteiger partial charge on any atom is -0.390 e. The van der Waals surface area contributed by atoms with Crippen molar-refractivity contribution >= 4 is 0 Å². The van der Waals surface area contributed by atoms with Crippen molar-refractivity contribution in [2.45, 2.75) is 71.1 Å². The summed E-state index contributed by atoms with van der Waals surface area (Å²) in [6.07, 6.45) is 3.51. The van der Waals surface area contributed by atoms with Gasteiger partial charge in [-0.3, -0.25) is 0 Å². The normalized spacial score (nSPS) is 15.1. The van der Waals surface area contributed by atoms with Crippen LogP contribution in [0, 0.1) is 5.82 Å². The molecular weight excluding hydrogens is 253 g/mol. The number of halogens is 1. The lowest BCUT2D eigenvalue weighted by atomic mass is 9.99. The van der Waals surface area contributed by atoms with Crippen LogP contribution in [0.4, 0.5) is 4.39 Å².